The van der Waals surface area contributed by atoms with E-state index in [0.717, 1.165) is 0 Å². The van der Waals surface area contributed by atoms with Gasteiger partial charge in [-0.15, -0.1) is 0 Å². The molecule has 1 rings (SSSR count). The highest BCUT2D eigenvalue weighted by Gasteiger charge is 2.19. The van der Waals surface area contributed by atoms with Crippen molar-refractivity contribution in [3.05, 3.63) is 35.1 Å². The summed E-state index contributed by atoms with van der Waals surface area (Å²) >= 11 is 0. The number of nitrogens with one attached hydrogen (secondary N) is 1. The second-order valence-electron chi connectivity index (χ2n) is 5.48. The topological polar surface area (TPSA) is 58.4 Å². The van der Waals surface area contributed by atoms with Crippen molar-refractivity contribution in [1.29, 1.82) is 0 Å². The van der Waals surface area contributed by atoms with Gasteiger partial charge >= 0.3 is 0 Å². The van der Waals surface area contributed by atoms with Gasteiger partial charge in [-0.3, -0.25) is 4.79 Å². The van der Waals surface area contributed by atoms with E-state index in [1.54, 1.807) is 0 Å². The third kappa shape index (κ3) is 4.29. The lowest BCUT2D eigenvalue weighted by Crippen LogP contribution is -2.46. The van der Waals surface area contributed by atoms with Gasteiger partial charge in [0, 0.05) is 29.8 Å². The third-order valence-corrected chi connectivity index (χ3v) is 3.41. The molecule has 19 heavy (non-hydrogen) atoms. The van der Waals surface area contributed by atoms with Gasteiger partial charge in [-0.05, 0) is 46.1 Å². The lowest BCUT2D eigenvalue weighted by atomic mass is 10.0. The summed E-state index contributed by atoms with van der Waals surface area (Å²) < 4.78 is 13.6. The first kappa shape index (κ1) is 15.6. The monoisotopic (exact) mass is 267 g/mol. The van der Waals surface area contributed by atoms with Crippen molar-refractivity contribution in [3.63, 3.8) is 0 Å². The van der Waals surface area contributed by atoms with Crippen molar-refractivity contribution < 1.29 is 9.18 Å². The molecule has 5 heteroatoms. The number of rotatable bonds is 6. The molecule has 0 aromatic heterocycles. The van der Waals surface area contributed by atoms with Crippen molar-refractivity contribution >= 4 is 5.91 Å². The normalized spacial score (nSPS) is 11.9. The van der Waals surface area contributed by atoms with Crippen LogP contribution in [-0.2, 0) is 6.54 Å². The number of likely N-dealkylation sites (N-methyl/N-ethyl adjacent to an activating group) is 1. The summed E-state index contributed by atoms with van der Waals surface area (Å²) in [5, 5.41) is 3.20. The molecule has 0 heterocycles. The molecule has 1 amide bonds. The van der Waals surface area contributed by atoms with Crippen LogP contribution in [0.5, 0.6) is 0 Å². The van der Waals surface area contributed by atoms with E-state index in [4.69, 9.17) is 5.73 Å². The molecule has 0 aliphatic carbocycles. The zero-order valence-corrected chi connectivity index (χ0v) is 12.0. The number of carbonyl (C=O) groups excluding carboxylic acids is 1. The van der Waals surface area contributed by atoms with E-state index in [1.165, 1.54) is 18.2 Å². The maximum absolute atomic E-state index is 13.6. The number of carbonyl (C=O) groups is 1. The molecule has 0 radical (unpaired) electrons. The van der Waals surface area contributed by atoms with Crippen molar-refractivity contribution in [2.24, 2.45) is 5.73 Å². The lowest BCUT2D eigenvalue weighted by molar-refractivity contribution is 0.1000. The largest absolute Gasteiger partial charge is 0.366 e. The van der Waals surface area contributed by atoms with Crippen molar-refractivity contribution in [2.45, 2.75) is 25.9 Å². The second-order valence-corrected chi connectivity index (χ2v) is 5.48. The minimum absolute atomic E-state index is 0.0300. The standard InChI is InChI=1S/C14H22FN3O/c1-14(2,18(3)4)9-17-8-11-7-10(13(16)19)5-6-12(11)15/h5-7,17H,8-9H2,1-4H3,(H2,16,19). The van der Waals surface area contributed by atoms with Crippen LogP contribution < -0.4 is 11.1 Å². The number of primary amides is 1. The molecule has 4 nitrogen and oxygen atoms in total. The number of hydrogen-bond donors (Lipinski definition) is 2. The molecule has 0 spiro atoms. The van der Waals surface area contributed by atoms with Crippen molar-refractivity contribution in [3.8, 4) is 0 Å². The van der Waals surface area contributed by atoms with E-state index >= 15 is 0 Å². The van der Waals surface area contributed by atoms with Crippen LogP contribution in [0.25, 0.3) is 0 Å². The van der Waals surface area contributed by atoms with Crippen LogP contribution in [0.1, 0.15) is 29.8 Å². The predicted molar refractivity (Wildman–Crippen MR) is 74.4 cm³/mol. The molecule has 0 aliphatic heterocycles. The van der Waals surface area contributed by atoms with Crippen LogP contribution in [0.4, 0.5) is 4.39 Å². The molecular formula is C14H22FN3O. The Kier molecular flexibility index (Phi) is 5.03. The SMILES string of the molecule is CN(C)C(C)(C)CNCc1cc(C(N)=O)ccc1F. The molecular weight excluding hydrogens is 245 g/mol. The Bertz CT molecular complexity index is 458. The minimum Gasteiger partial charge on any atom is -0.366 e. The van der Waals surface area contributed by atoms with E-state index < -0.39 is 5.91 Å². The van der Waals surface area contributed by atoms with Crippen molar-refractivity contribution in [2.75, 3.05) is 20.6 Å². The molecule has 0 aliphatic rings. The summed E-state index contributed by atoms with van der Waals surface area (Å²) in [5.74, 6) is -0.880. The molecule has 3 N–H and O–H groups in total. The summed E-state index contributed by atoms with van der Waals surface area (Å²) in [7, 11) is 3.99. The molecule has 0 saturated heterocycles. The van der Waals surface area contributed by atoms with Gasteiger partial charge < -0.3 is 16.0 Å². The minimum atomic E-state index is -0.546. The highest BCUT2D eigenvalue weighted by Crippen LogP contribution is 2.12. The zero-order chi connectivity index (χ0) is 14.6. The predicted octanol–water partition coefficient (Wildman–Crippen LogP) is 1.35. The molecule has 0 bridgehead atoms. The van der Waals surface area contributed by atoms with E-state index in [-0.39, 0.29) is 11.4 Å². The fourth-order valence-corrected chi connectivity index (χ4v) is 1.52. The first-order valence-corrected chi connectivity index (χ1v) is 6.20. The van der Waals surface area contributed by atoms with Gasteiger partial charge in [-0.1, -0.05) is 0 Å². The first-order valence-electron chi connectivity index (χ1n) is 6.20. The number of halogens is 1. The zero-order valence-electron chi connectivity index (χ0n) is 12.0. The third-order valence-electron chi connectivity index (χ3n) is 3.41. The average molecular weight is 267 g/mol. The smallest absolute Gasteiger partial charge is 0.248 e. The molecule has 106 valence electrons. The summed E-state index contributed by atoms with van der Waals surface area (Å²) in [6, 6.07) is 4.16. The highest BCUT2D eigenvalue weighted by atomic mass is 19.1. The summed E-state index contributed by atoms with van der Waals surface area (Å²) in [4.78, 5) is 13.2. The highest BCUT2D eigenvalue weighted by molar-refractivity contribution is 5.92. The van der Waals surface area contributed by atoms with Crippen LogP contribution in [-0.4, -0.2) is 37.0 Å². The molecule has 0 unspecified atom stereocenters. The Morgan fingerprint density at radius 1 is 1.42 bits per heavy atom. The average Bonchev–Trinajstić information content (AvgIpc) is 2.30. The van der Waals surface area contributed by atoms with Crippen LogP contribution in [0.3, 0.4) is 0 Å². The molecule has 0 saturated carbocycles. The Balaban J connectivity index is 2.68. The number of nitrogens with two attached hydrogens (primary N) is 1. The molecule has 0 fully saturated rings. The van der Waals surface area contributed by atoms with E-state index in [1.807, 2.05) is 14.1 Å². The Hall–Kier alpha value is -1.46. The Morgan fingerprint density at radius 2 is 2.05 bits per heavy atom. The number of nitrogens with zero attached hydrogens (tertiary/aromatic N) is 1. The van der Waals surface area contributed by atoms with Crippen LogP contribution >= 0.6 is 0 Å². The van der Waals surface area contributed by atoms with Gasteiger partial charge in [0.05, 0.1) is 0 Å². The summed E-state index contributed by atoms with van der Waals surface area (Å²) in [6.07, 6.45) is 0. The maximum atomic E-state index is 13.6. The quantitative estimate of drug-likeness (QED) is 0.818. The summed E-state index contributed by atoms with van der Waals surface area (Å²) in [5.41, 5.74) is 5.93. The first-order chi connectivity index (χ1) is 8.74. The van der Waals surface area contributed by atoms with E-state index in [0.29, 0.717) is 24.2 Å². The van der Waals surface area contributed by atoms with Gasteiger partial charge in [-0.2, -0.15) is 0 Å². The fourth-order valence-electron chi connectivity index (χ4n) is 1.52. The van der Waals surface area contributed by atoms with Crippen molar-refractivity contribution in [1.82, 2.24) is 10.2 Å². The molecule has 1 aromatic rings. The lowest BCUT2D eigenvalue weighted by Gasteiger charge is -2.32. The van der Waals surface area contributed by atoms with E-state index in [2.05, 4.69) is 24.1 Å². The number of hydrogen-bond acceptors (Lipinski definition) is 3. The van der Waals surface area contributed by atoms with Crippen LogP contribution in [0.15, 0.2) is 18.2 Å². The Morgan fingerprint density at radius 3 is 2.58 bits per heavy atom. The van der Waals surface area contributed by atoms with E-state index in [9.17, 15) is 9.18 Å². The number of amides is 1. The van der Waals surface area contributed by atoms with Gasteiger partial charge in [0.15, 0.2) is 0 Å². The van der Waals surface area contributed by atoms with Crippen LogP contribution in [0, 0.1) is 5.82 Å². The Labute approximate surface area is 113 Å². The fraction of sp³-hybridized carbons (Fsp3) is 0.500. The number of benzene rings is 1. The second kappa shape index (κ2) is 6.12. The molecule has 1 aromatic carbocycles. The van der Waals surface area contributed by atoms with Gasteiger partial charge in [0.2, 0.25) is 5.91 Å². The molecule has 0 atom stereocenters. The van der Waals surface area contributed by atoms with Gasteiger partial charge in [-0.25, -0.2) is 4.39 Å². The van der Waals surface area contributed by atoms with Gasteiger partial charge in [0.1, 0.15) is 5.82 Å². The summed E-state index contributed by atoms with van der Waals surface area (Å²) in [6.45, 7) is 5.26. The van der Waals surface area contributed by atoms with Crippen LogP contribution in [0.2, 0.25) is 0 Å². The maximum Gasteiger partial charge on any atom is 0.248 e. The van der Waals surface area contributed by atoms with Gasteiger partial charge in [0.25, 0.3) is 0 Å².